The molecule has 142 valence electrons. The molecule has 3 aromatic rings. The van der Waals surface area contributed by atoms with Crippen molar-refractivity contribution >= 4 is 35.0 Å². The van der Waals surface area contributed by atoms with Crippen molar-refractivity contribution in [1.82, 2.24) is 14.8 Å². The number of nitrogens with one attached hydrogen (secondary N) is 1. The summed E-state index contributed by atoms with van der Waals surface area (Å²) in [6, 6.07) is 16.3. The van der Waals surface area contributed by atoms with Crippen LogP contribution in [0.4, 0.5) is 5.69 Å². The van der Waals surface area contributed by atoms with E-state index < -0.39 is 5.25 Å². The molecule has 0 unspecified atom stereocenters. The first-order valence-corrected chi connectivity index (χ1v) is 9.94. The molecule has 0 radical (unpaired) electrons. The molecule has 28 heavy (non-hydrogen) atoms. The first-order chi connectivity index (χ1) is 13.5. The van der Waals surface area contributed by atoms with Gasteiger partial charge in [0.2, 0.25) is 5.91 Å². The zero-order valence-corrected chi connectivity index (χ0v) is 17.0. The summed E-state index contributed by atoms with van der Waals surface area (Å²) in [5.74, 6) is 0.539. The fourth-order valence-corrected chi connectivity index (χ4v) is 3.73. The van der Waals surface area contributed by atoms with Crippen LogP contribution in [0, 0.1) is 11.3 Å². The van der Waals surface area contributed by atoms with Gasteiger partial charge in [-0.1, -0.05) is 41.6 Å². The molecule has 0 saturated heterocycles. The largest absolute Gasteiger partial charge is 0.325 e. The van der Waals surface area contributed by atoms with Crippen molar-refractivity contribution in [3.63, 3.8) is 0 Å². The fourth-order valence-electron chi connectivity index (χ4n) is 2.62. The Labute approximate surface area is 172 Å². The van der Waals surface area contributed by atoms with Crippen LogP contribution in [0.15, 0.2) is 53.7 Å². The lowest BCUT2D eigenvalue weighted by Gasteiger charge is -2.13. The number of aromatic nitrogens is 3. The number of carbonyl (C=O) groups excluding carboxylic acids is 1. The molecule has 0 bridgehead atoms. The molecule has 0 fully saturated rings. The van der Waals surface area contributed by atoms with Gasteiger partial charge < -0.3 is 9.88 Å². The minimum Gasteiger partial charge on any atom is -0.325 e. The van der Waals surface area contributed by atoms with Crippen LogP contribution in [0.25, 0.3) is 11.4 Å². The van der Waals surface area contributed by atoms with Crippen molar-refractivity contribution in [3.8, 4) is 17.5 Å². The average molecular weight is 412 g/mol. The van der Waals surface area contributed by atoms with Crippen molar-refractivity contribution < 1.29 is 4.79 Å². The van der Waals surface area contributed by atoms with Crippen LogP contribution in [-0.4, -0.2) is 25.9 Å². The van der Waals surface area contributed by atoms with Crippen molar-refractivity contribution in [1.29, 1.82) is 5.26 Å². The topological polar surface area (TPSA) is 83.6 Å². The van der Waals surface area contributed by atoms with Gasteiger partial charge in [-0.2, -0.15) is 5.26 Å². The van der Waals surface area contributed by atoms with E-state index in [-0.39, 0.29) is 5.91 Å². The smallest absolute Gasteiger partial charge is 0.237 e. The summed E-state index contributed by atoms with van der Waals surface area (Å²) in [7, 11) is 0. The van der Waals surface area contributed by atoms with Gasteiger partial charge >= 0.3 is 0 Å². The number of carbonyl (C=O) groups is 1. The molecular formula is C20H18ClN5OS. The average Bonchev–Trinajstić information content (AvgIpc) is 3.10. The van der Waals surface area contributed by atoms with Gasteiger partial charge in [0.05, 0.1) is 16.9 Å². The van der Waals surface area contributed by atoms with E-state index in [0.717, 1.165) is 5.56 Å². The van der Waals surface area contributed by atoms with Crippen LogP contribution in [0.2, 0.25) is 5.02 Å². The predicted octanol–water partition coefficient (Wildman–Crippen LogP) is 4.61. The molecule has 2 aromatic carbocycles. The summed E-state index contributed by atoms with van der Waals surface area (Å²) in [5.41, 5.74) is 1.96. The Morgan fingerprint density at radius 1 is 1.29 bits per heavy atom. The summed E-state index contributed by atoms with van der Waals surface area (Å²) in [6.45, 7) is 4.47. The SMILES string of the molecule is CCn1c(S[C@H](C)C(=O)Nc2cccc(C#N)c2)nnc1-c1cccc(Cl)c1. The van der Waals surface area contributed by atoms with Crippen molar-refractivity contribution in [2.75, 3.05) is 5.32 Å². The Morgan fingerprint density at radius 2 is 2.07 bits per heavy atom. The van der Waals surface area contributed by atoms with E-state index in [1.165, 1.54) is 11.8 Å². The lowest BCUT2D eigenvalue weighted by atomic mass is 10.2. The summed E-state index contributed by atoms with van der Waals surface area (Å²) in [6.07, 6.45) is 0. The molecule has 8 heteroatoms. The van der Waals surface area contributed by atoms with E-state index in [4.69, 9.17) is 16.9 Å². The van der Waals surface area contributed by atoms with Gasteiger partial charge in [-0.25, -0.2) is 0 Å². The first kappa shape index (κ1) is 19.9. The zero-order chi connectivity index (χ0) is 20.1. The lowest BCUT2D eigenvalue weighted by Crippen LogP contribution is -2.23. The molecule has 1 amide bonds. The molecule has 6 nitrogen and oxygen atoms in total. The number of hydrogen-bond donors (Lipinski definition) is 1. The van der Waals surface area contributed by atoms with E-state index in [0.29, 0.717) is 33.8 Å². The monoisotopic (exact) mass is 411 g/mol. The third-order valence-corrected chi connectivity index (χ3v) is 5.34. The van der Waals surface area contributed by atoms with E-state index in [2.05, 4.69) is 21.6 Å². The summed E-state index contributed by atoms with van der Waals surface area (Å²) in [5, 5.41) is 21.2. The maximum absolute atomic E-state index is 12.5. The highest BCUT2D eigenvalue weighted by Crippen LogP contribution is 2.28. The van der Waals surface area contributed by atoms with Crippen LogP contribution >= 0.6 is 23.4 Å². The molecule has 3 rings (SSSR count). The number of nitriles is 1. The van der Waals surface area contributed by atoms with Crippen molar-refractivity contribution in [3.05, 3.63) is 59.1 Å². The molecular weight excluding hydrogens is 394 g/mol. The molecule has 0 aliphatic carbocycles. The van der Waals surface area contributed by atoms with Gasteiger partial charge in [0.25, 0.3) is 0 Å². The predicted molar refractivity (Wildman–Crippen MR) is 111 cm³/mol. The van der Waals surface area contributed by atoms with E-state index in [9.17, 15) is 4.79 Å². The van der Waals surface area contributed by atoms with Gasteiger partial charge in [-0.3, -0.25) is 4.79 Å². The number of rotatable bonds is 6. The molecule has 1 aromatic heterocycles. The minimum absolute atomic E-state index is 0.171. The molecule has 0 spiro atoms. The summed E-state index contributed by atoms with van der Waals surface area (Å²) < 4.78 is 1.95. The fraction of sp³-hybridized carbons (Fsp3) is 0.200. The van der Waals surface area contributed by atoms with Crippen LogP contribution in [0.3, 0.4) is 0 Å². The number of amides is 1. The highest BCUT2D eigenvalue weighted by Gasteiger charge is 2.20. The second kappa shape index (κ2) is 8.91. The van der Waals surface area contributed by atoms with E-state index in [1.54, 1.807) is 30.3 Å². The summed E-state index contributed by atoms with van der Waals surface area (Å²) in [4.78, 5) is 12.5. The Bertz CT molecular complexity index is 1040. The van der Waals surface area contributed by atoms with E-state index >= 15 is 0 Å². The van der Waals surface area contributed by atoms with Gasteiger partial charge in [-0.15, -0.1) is 10.2 Å². The minimum atomic E-state index is -0.396. The number of thioether (sulfide) groups is 1. The molecule has 0 aliphatic rings. The van der Waals surface area contributed by atoms with Crippen LogP contribution in [0.5, 0.6) is 0 Å². The number of hydrogen-bond acceptors (Lipinski definition) is 5. The van der Waals surface area contributed by atoms with Gasteiger partial charge in [0.1, 0.15) is 0 Å². The number of halogens is 1. The van der Waals surface area contributed by atoms with Gasteiger partial charge in [-0.05, 0) is 44.2 Å². The second-order valence-corrected chi connectivity index (χ2v) is 7.75. The number of anilines is 1. The summed E-state index contributed by atoms with van der Waals surface area (Å²) >= 11 is 7.42. The Hall–Kier alpha value is -2.82. The molecule has 1 heterocycles. The van der Waals surface area contributed by atoms with E-state index in [1.807, 2.05) is 36.6 Å². The highest BCUT2D eigenvalue weighted by molar-refractivity contribution is 8.00. The first-order valence-electron chi connectivity index (χ1n) is 8.68. The maximum atomic E-state index is 12.5. The third kappa shape index (κ3) is 4.53. The second-order valence-electron chi connectivity index (χ2n) is 6.00. The molecule has 1 N–H and O–H groups in total. The van der Waals surface area contributed by atoms with Crippen molar-refractivity contribution in [2.45, 2.75) is 30.8 Å². The van der Waals surface area contributed by atoms with Crippen molar-refractivity contribution in [2.24, 2.45) is 0 Å². The normalized spacial score (nSPS) is 11.6. The van der Waals surface area contributed by atoms with Crippen LogP contribution in [0.1, 0.15) is 19.4 Å². The third-order valence-electron chi connectivity index (χ3n) is 4.03. The molecule has 1 atom stereocenters. The Balaban J connectivity index is 1.75. The highest BCUT2D eigenvalue weighted by atomic mass is 35.5. The molecule has 0 aliphatic heterocycles. The maximum Gasteiger partial charge on any atom is 0.237 e. The van der Waals surface area contributed by atoms with Crippen LogP contribution < -0.4 is 5.32 Å². The standard InChI is InChI=1S/C20H18ClN5OS/c1-3-26-18(15-7-5-8-16(21)11-15)24-25-20(26)28-13(2)19(27)23-17-9-4-6-14(10-17)12-22/h4-11,13H,3H2,1-2H3,(H,23,27)/t13-/m1/s1. The van der Waals surface area contributed by atoms with Crippen LogP contribution in [-0.2, 0) is 11.3 Å². The molecule has 0 saturated carbocycles. The Morgan fingerprint density at radius 3 is 2.79 bits per heavy atom. The van der Waals surface area contributed by atoms with Gasteiger partial charge in [0, 0.05) is 22.8 Å². The zero-order valence-electron chi connectivity index (χ0n) is 15.4. The Kier molecular flexibility index (Phi) is 6.34. The lowest BCUT2D eigenvalue weighted by molar-refractivity contribution is -0.115. The number of nitrogens with zero attached hydrogens (tertiary/aromatic N) is 4. The number of benzene rings is 2. The quantitative estimate of drug-likeness (QED) is 0.599. The van der Waals surface area contributed by atoms with Gasteiger partial charge in [0.15, 0.2) is 11.0 Å².